The first-order valence-electron chi connectivity index (χ1n) is 15.3. The largest absolute Gasteiger partial charge is 0.490 e. The van der Waals surface area contributed by atoms with Crippen LogP contribution in [0, 0.1) is 5.82 Å². The summed E-state index contributed by atoms with van der Waals surface area (Å²) in [6.07, 6.45) is -1.11. The summed E-state index contributed by atoms with van der Waals surface area (Å²) in [5, 5.41) is 12.6. The maximum atomic E-state index is 14.2. The number of carboxylic acids is 1. The zero-order chi connectivity index (χ0) is 35.0. The minimum absolute atomic E-state index is 0.00636. The van der Waals surface area contributed by atoms with Crippen LogP contribution in [0.25, 0.3) is 0 Å². The summed E-state index contributed by atoms with van der Waals surface area (Å²) >= 11 is 0. The molecule has 0 aliphatic carbocycles. The average molecular weight is 673 g/mol. The molecule has 2 fully saturated rings. The second-order valence-electron chi connectivity index (χ2n) is 11.5. The first kappa shape index (κ1) is 35.9. The smallest absolute Gasteiger partial charge is 0.489 e. The number of likely N-dealkylation sites (tertiary alicyclic amines) is 1. The number of carbonyl (C=O) groups is 4. The van der Waals surface area contributed by atoms with Crippen LogP contribution in [-0.2, 0) is 4.79 Å². The number of nitrogens with zero attached hydrogens (tertiary/aromatic N) is 2. The van der Waals surface area contributed by atoms with Gasteiger partial charge in [0.1, 0.15) is 17.7 Å². The molecule has 0 bridgehead atoms. The van der Waals surface area contributed by atoms with Crippen LogP contribution in [0.15, 0.2) is 60.7 Å². The Kier molecular flexibility index (Phi) is 11.8. The Hall–Kier alpha value is -4.98. The van der Waals surface area contributed by atoms with Crippen LogP contribution < -0.4 is 20.3 Å². The zero-order valence-corrected chi connectivity index (χ0v) is 26.4. The second kappa shape index (κ2) is 15.7. The molecule has 2 aliphatic heterocycles. The number of Topliss-reactive ketones (excluding diaryl/α,β-unsaturated/α-hetero) is 1. The molecule has 0 saturated carbocycles. The predicted molar refractivity (Wildman–Crippen MR) is 171 cm³/mol. The Bertz CT molecular complexity index is 1630. The molecule has 0 aromatic heterocycles. The van der Waals surface area contributed by atoms with Gasteiger partial charge in [0.2, 0.25) is 0 Å². The molecule has 3 aromatic carbocycles. The number of hydrogen-bond donors (Lipinski definition) is 3. The second-order valence-corrected chi connectivity index (χ2v) is 11.5. The monoisotopic (exact) mass is 672 g/mol. The van der Waals surface area contributed by atoms with Crippen molar-refractivity contribution >= 4 is 40.6 Å². The van der Waals surface area contributed by atoms with E-state index in [4.69, 9.17) is 14.6 Å². The molecule has 256 valence electrons. The summed E-state index contributed by atoms with van der Waals surface area (Å²) < 4.78 is 52.4. The van der Waals surface area contributed by atoms with Crippen LogP contribution in [0.5, 0.6) is 5.75 Å². The van der Waals surface area contributed by atoms with Crippen LogP contribution >= 0.6 is 0 Å². The van der Waals surface area contributed by atoms with Crippen molar-refractivity contribution in [2.24, 2.45) is 0 Å². The maximum Gasteiger partial charge on any atom is 0.490 e. The fourth-order valence-corrected chi connectivity index (χ4v) is 5.24. The van der Waals surface area contributed by atoms with E-state index in [0.29, 0.717) is 22.6 Å². The van der Waals surface area contributed by atoms with Gasteiger partial charge >= 0.3 is 12.1 Å². The lowest BCUT2D eigenvalue weighted by Crippen LogP contribution is -2.36. The number of aliphatic carboxylic acids is 1. The molecule has 2 aliphatic rings. The van der Waals surface area contributed by atoms with E-state index in [1.807, 2.05) is 12.1 Å². The van der Waals surface area contributed by atoms with Crippen molar-refractivity contribution in [3.8, 4) is 5.75 Å². The molecule has 14 heteroatoms. The third-order valence-electron chi connectivity index (χ3n) is 7.91. The number of nitrogens with one attached hydrogen (secondary N) is 2. The zero-order valence-electron chi connectivity index (χ0n) is 26.4. The fraction of sp³-hybridized carbons (Fsp3) is 0.353. The van der Waals surface area contributed by atoms with Crippen molar-refractivity contribution < 1.29 is 46.6 Å². The number of carboxylic acid groups (broad SMARTS) is 1. The number of ketones is 1. The number of alkyl halides is 3. The van der Waals surface area contributed by atoms with Crippen LogP contribution in [0.4, 0.5) is 34.6 Å². The molecule has 2 amide bonds. The van der Waals surface area contributed by atoms with Gasteiger partial charge in [-0.1, -0.05) is 0 Å². The lowest BCUT2D eigenvalue weighted by atomic mass is 10.1. The minimum atomic E-state index is -5.08. The maximum absolute atomic E-state index is 14.2. The molecule has 0 unspecified atom stereocenters. The van der Waals surface area contributed by atoms with Gasteiger partial charge in [-0.05, 0) is 94.3 Å². The van der Waals surface area contributed by atoms with Crippen molar-refractivity contribution in [1.29, 1.82) is 0 Å². The number of anilines is 3. The van der Waals surface area contributed by atoms with E-state index < -0.39 is 29.8 Å². The number of amides is 2. The first-order valence-corrected chi connectivity index (χ1v) is 15.3. The molecule has 48 heavy (non-hydrogen) atoms. The van der Waals surface area contributed by atoms with E-state index >= 15 is 0 Å². The van der Waals surface area contributed by atoms with Crippen molar-refractivity contribution in [1.82, 2.24) is 4.90 Å². The average Bonchev–Trinajstić information content (AvgIpc) is 3.58. The Morgan fingerprint density at radius 1 is 0.833 bits per heavy atom. The molecular formula is C34H36F4N4O6. The highest BCUT2D eigenvalue weighted by molar-refractivity contribution is 6.13. The Morgan fingerprint density at radius 2 is 1.44 bits per heavy atom. The molecule has 3 aromatic rings. The molecule has 2 saturated heterocycles. The molecular weight excluding hydrogens is 636 g/mol. The van der Waals surface area contributed by atoms with E-state index in [2.05, 4.69) is 27.5 Å². The van der Waals surface area contributed by atoms with Crippen LogP contribution in [0.1, 0.15) is 63.7 Å². The summed E-state index contributed by atoms with van der Waals surface area (Å²) in [4.78, 5) is 51.7. The lowest BCUT2D eigenvalue weighted by Gasteiger charge is -2.30. The Morgan fingerprint density at radius 3 is 2.02 bits per heavy atom. The van der Waals surface area contributed by atoms with Gasteiger partial charge in [-0.25, -0.2) is 9.18 Å². The predicted octanol–water partition coefficient (Wildman–Crippen LogP) is 6.24. The number of hydrogen-bond acceptors (Lipinski definition) is 7. The molecule has 5 rings (SSSR count). The third-order valence-corrected chi connectivity index (χ3v) is 7.91. The van der Waals surface area contributed by atoms with Crippen molar-refractivity contribution in [3.63, 3.8) is 0 Å². The molecule has 0 atom stereocenters. The van der Waals surface area contributed by atoms with Gasteiger partial charge in [-0.2, -0.15) is 13.2 Å². The SMILES string of the molecule is CC(=O)c1ccc(NC(=O)c2cc(F)ccc2NC(=O)c2ccc(N3CCCC3)cc2OC2CCN(C)CC2)cc1.O=C(O)C(F)(F)F. The number of benzene rings is 3. The van der Waals surface area contributed by atoms with Gasteiger partial charge in [0.05, 0.1) is 16.8 Å². The number of ether oxygens (including phenoxy) is 1. The van der Waals surface area contributed by atoms with Gasteiger partial charge in [-0.3, -0.25) is 14.4 Å². The van der Waals surface area contributed by atoms with E-state index in [0.717, 1.165) is 63.6 Å². The van der Waals surface area contributed by atoms with Gasteiger partial charge < -0.3 is 30.3 Å². The Balaban J connectivity index is 0.000000671. The van der Waals surface area contributed by atoms with E-state index in [1.165, 1.54) is 19.1 Å². The molecule has 2 heterocycles. The molecule has 0 spiro atoms. The number of rotatable bonds is 8. The fourth-order valence-electron chi connectivity index (χ4n) is 5.24. The van der Waals surface area contributed by atoms with Crippen LogP contribution in [0.2, 0.25) is 0 Å². The topological polar surface area (TPSA) is 128 Å². The van der Waals surface area contributed by atoms with E-state index in [-0.39, 0.29) is 23.1 Å². The van der Waals surface area contributed by atoms with Crippen LogP contribution in [-0.4, -0.2) is 79.1 Å². The van der Waals surface area contributed by atoms with Gasteiger partial charge in [-0.15, -0.1) is 0 Å². The van der Waals surface area contributed by atoms with Crippen molar-refractivity contribution in [2.45, 2.75) is 44.9 Å². The summed E-state index contributed by atoms with van der Waals surface area (Å²) in [6, 6.07) is 15.7. The van der Waals surface area contributed by atoms with Gasteiger partial charge in [0.25, 0.3) is 11.8 Å². The summed E-state index contributed by atoms with van der Waals surface area (Å²) in [5.41, 5.74) is 2.45. The van der Waals surface area contributed by atoms with Crippen molar-refractivity contribution in [2.75, 3.05) is 48.8 Å². The molecule has 3 N–H and O–H groups in total. The first-order chi connectivity index (χ1) is 22.7. The number of piperidine rings is 1. The summed E-state index contributed by atoms with van der Waals surface area (Å²) in [5.74, 6) is -4.01. The normalized spacial score (nSPS) is 15.2. The van der Waals surface area contributed by atoms with Gasteiger partial charge in [0, 0.05) is 49.2 Å². The molecule has 10 nitrogen and oxygen atoms in total. The minimum Gasteiger partial charge on any atom is -0.489 e. The highest BCUT2D eigenvalue weighted by atomic mass is 19.4. The quantitative estimate of drug-likeness (QED) is 0.190. The highest BCUT2D eigenvalue weighted by Gasteiger charge is 2.38. The summed E-state index contributed by atoms with van der Waals surface area (Å²) in [6.45, 7) is 5.22. The van der Waals surface area contributed by atoms with E-state index in [9.17, 15) is 31.9 Å². The van der Waals surface area contributed by atoms with E-state index in [1.54, 1.807) is 30.3 Å². The standard InChI is InChI=1S/C32H35FN4O4.C2HF3O2/c1-21(38)22-5-8-24(9-6-22)34-32(40)28-19-23(33)7-12-29(28)35-31(39)27-11-10-25(37-15-3-4-16-37)20-30(27)41-26-13-17-36(2)18-14-26;3-2(4,5)1(6)7/h5-12,19-20,26H,3-4,13-18H2,1-2H3,(H,34,40)(H,35,39);(H,6,7). The van der Waals surface area contributed by atoms with Gasteiger partial charge in [0.15, 0.2) is 5.78 Å². The number of halogens is 4. The highest BCUT2D eigenvalue weighted by Crippen LogP contribution is 2.31. The van der Waals surface area contributed by atoms with Crippen LogP contribution in [0.3, 0.4) is 0 Å². The van der Waals surface area contributed by atoms with Crippen molar-refractivity contribution in [3.05, 3.63) is 83.2 Å². The number of carbonyl (C=O) groups excluding carboxylic acids is 3. The summed E-state index contributed by atoms with van der Waals surface area (Å²) in [7, 11) is 2.08. The molecule has 0 radical (unpaired) electrons. The third kappa shape index (κ3) is 9.77. The Labute approximate surface area is 274 Å². The lowest BCUT2D eigenvalue weighted by molar-refractivity contribution is -0.192.